The van der Waals surface area contributed by atoms with E-state index in [0.717, 1.165) is 5.56 Å². The summed E-state index contributed by atoms with van der Waals surface area (Å²) in [4.78, 5) is 2.86. The second-order valence-corrected chi connectivity index (χ2v) is 5.20. The number of nitrogens with zero attached hydrogens (tertiary/aromatic N) is 1. The van der Waals surface area contributed by atoms with Gasteiger partial charge in [0, 0.05) is 0 Å². The first-order valence-electron chi connectivity index (χ1n) is 5.64. The van der Waals surface area contributed by atoms with Crippen molar-refractivity contribution < 1.29 is 13.2 Å². The number of aromatic nitrogens is 2. The number of hydrogen-bond donors (Lipinski definition) is 1. The molecule has 0 spiro atoms. The molecule has 1 N–H and O–H groups in total. The van der Waals surface area contributed by atoms with Gasteiger partial charge in [0.25, 0.3) is 0 Å². The van der Waals surface area contributed by atoms with E-state index in [2.05, 4.69) is 4.98 Å². The highest BCUT2D eigenvalue weighted by Crippen LogP contribution is 2.56. The third-order valence-corrected chi connectivity index (χ3v) is 3.80. The van der Waals surface area contributed by atoms with Gasteiger partial charge >= 0.3 is 6.18 Å². The van der Waals surface area contributed by atoms with Crippen molar-refractivity contribution in [3.8, 4) is 0 Å². The van der Waals surface area contributed by atoms with Crippen LogP contribution in [-0.4, -0.2) is 15.7 Å². The summed E-state index contributed by atoms with van der Waals surface area (Å²) in [6.45, 7) is 1.89. The zero-order valence-electron chi connectivity index (χ0n) is 9.64. The Hall–Kier alpha value is -1.30. The number of rotatable bonds is 1. The van der Waals surface area contributed by atoms with E-state index < -0.39 is 11.7 Å². The number of benzene rings is 1. The second kappa shape index (κ2) is 3.38. The summed E-state index contributed by atoms with van der Waals surface area (Å²) in [5, 5.41) is 0. The normalized spacial score (nSPS) is 18.2. The molecule has 0 amide bonds. The Bertz CT molecular complexity index is 677. The average Bonchev–Trinajstić information content (AvgIpc) is 2.97. The van der Waals surface area contributed by atoms with Gasteiger partial charge in [0.05, 0.1) is 11.0 Å². The van der Waals surface area contributed by atoms with Crippen LogP contribution in [0.15, 0.2) is 18.2 Å². The molecule has 0 atom stereocenters. The molecule has 0 saturated heterocycles. The van der Waals surface area contributed by atoms with E-state index in [4.69, 9.17) is 12.2 Å². The van der Waals surface area contributed by atoms with Gasteiger partial charge in [0.1, 0.15) is 5.54 Å². The van der Waals surface area contributed by atoms with E-state index in [1.807, 2.05) is 13.0 Å². The number of aromatic amines is 1. The smallest absolute Gasteiger partial charge is 0.331 e. The predicted molar refractivity (Wildman–Crippen MR) is 65.1 cm³/mol. The third kappa shape index (κ3) is 1.44. The molecular weight excluding hydrogens is 261 g/mol. The Kier molecular flexibility index (Phi) is 2.21. The summed E-state index contributed by atoms with van der Waals surface area (Å²) < 4.78 is 40.9. The first-order chi connectivity index (χ1) is 8.35. The van der Waals surface area contributed by atoms with Gasteiger partial charge in [0.2, 0.25) is 0 Å². The van der Waals surface area contributed by atoms with Crippen LogP contribution in [0.25, 0.3) is 11.0 Å². The van der Waals surface area contributed by atoms with Gasteiger partial charge in [-0.15, -0.1) is 0 Å². The lowest BCUT2D eigenvalue weighted by Crippen LogP contribution is -2.34. The van der Waals surface area contributed by atoms with Gasteiger partial charge in [-0.2, -0.15) is 13.2 Å². The van der Waals surface area contributed by atoms with Crippen LogP contribution in [0.1, 0.15) is 18.4 Å². The van der Waals surface area contributed by atoms with Crippen LogP contribution in [0.3, 0.4) is 0 Å². The lowest BCUT2D eigenvalue weighted by molar-refractivity contribution is -0.179. The number of H-pyrrole nitrogens is 1. The van der Waals surface area contributed by atoms with Crippen LogP contribution in [0.4, 0.5) is 13.2 Å². The lowest BCUT2D eigenvalue weighted by atomic mass is 10.2. The number of imidazole rings is 1. The number of alkyl halides is 3. The third-order valence-electron chi connectivity index (χ3n) is 3.52. The Balaban J connectivity index is 2.31. The minimum absolute atomic E-state index is 0.103. The standard InChI is InChI=1S/C12H11F3N2S/c1-7-2-3-9-8(6-7)16-10(18)17(9)11(4-5-11)12(13,14)15/h2-3,6H,4-5H2,1H3,(H,16,18). The topological polar surface area (TPSA) is 20.7 Å². The van der Waals surface area contributed by atoms with Gasteiger partial charge in [-0.3, -0.25) is 0 Å². The van der Waals surface area contributed by atoms with E-state index in [9.17, 15) is 13.2 Å². The fourth-order valence-electron chi connectivity index (χ4n) is 2.40. The monoisotopic (exact) mass is 272 g/mol. The molecule has 18 heavy (non-hydrogen) atoms. The molecule has 1 fully saturated rings. The molecule has 0 radical (unpaired) electrons. The zero-order valence-corrected chi connectivity index (χ0v) is 10.5. The largest absolute Gasteiger partial charge is 0.412 e. The maximum atomic E-state index is 13.2. The van der Waals surface area contributed by atoms with Gasteiger partial charge in [0.15, 0.2) is 4.77 Å². The molecule has 1 saturated carbocycles. The number of nitrogens with one attached hydrogen (secondary N) is 1. The Labute approximate surface area is 106 Å². The molecule has 1 aliphatic rings. The zero-order chi connectivity index (χ0) is 13.1. The average molecular weight is 272 g/mol. The number of halogens is 3. The molecule has 3 rings (SSSR count). The lowest BCUT2D eigenvalue weighted by Gasteiger charge is -2.21. The van der Waals surface area contributed by atoms with E-state index in [1.165, 1.54) is 4.57 Å². The summed E-state index contributed by atoms with van der Waals surface area (Å²) in [6, 6.07) is 5.31. The maximum Gasteiger partial charge on any atom is 0.412 e. The van der Waals surface area contributed by atoms with Gasteiger partial charge in [-0.1, -0.05) is 6.07 Å². The molecule has 0 bridgehead atoms. The van der Waals surface area contributed by atoms with E-state index in [-0.39, 0.29) is 17.6 Å². The van der Waals surface area contributed by atoms with Crippen LogP contribution in [0, 0.1) is 11.7 Å². The first-order valence-corrected chi connectivity index (χ1v) is 6.05. The molecule has 1 heterocycles. The molecular formula is C12H11F3N2S. The molecule has 0 aliphatic heterocycles. The van der Waals surface area contributed by atoms with E-state index in [0.29, 0.717) is 11.0 Å². The SMILES string of the molecule is Cc1ccc2c(c1)[nH]c(=S)n2C1(C(F)(F)F)CC1. The first kappa shape index (κ1) is 11.8. The van der Waals surface area contributed by atoms with Crippen LogP contribution < -0.4 is 0 Å². The fraction of sp³-hybridized carbons (Fsp3) is 0.417. The summed E-state index contributed by atoms with van der Waals surface area (Å²) in [6.07, 6.45) is -4.05. The molecule has 1 aliphatic carbocycles. The highest BCUT2D eigenvalue weighted by molar-refractivity contribution is 7.71. The van der Waals surface area contributed by atoms with Crippen molar-refractivity contribution in [2.45, 2.75) is 31.5 Å². The maximum absolute atomic E-state index is 13.2. The van der Waals surface area contributed by atoms with Crippen LogP contribution in [-0.2, 0) is 5.54 Å². The molecule has 0 unspecified atom stereocenters. The van der Waals surface area contributed by atoms with Crippen molar-refractivity contribution in [2.24, 2.45) is 0 Å². The summed E-state index contributed by atoms with van der Waals surface area (Å²) in [5.74, 6) is 0. The second-order valence-electron chi connectivity index (χ2n) is 4.82. The van der Waals surface area contributed by atoms with Gasteiger partial charge in [-0.05, 0) is 49.7 Å². The predicted octanol–water partition coefficient (Wildman–Crippen LogP) is 4.06. The number of aryl methyl sites for hydroxylation is 1. The number of fused-ring (bicyclic) bond motifs is 1. The molecule has 1 aromatic heterocycles. The van der Waals surface area contributed by atoms with Crippen LogP contribution in [0.5, 0.6) is 0 Å². The highest BCUT2D eigenvalue weighted by Gasteiger charge is 2.65. The minimum atomic E-state index is -4.26. The van der Waals surface area contributed by atoms with Gasteiger partial charge < -0.3 is 9.55 Å². The molecule has 2 nitrogen and oxygen atoms in total. The van der Waals surface area contributed by atoms with E-state index in [1.54, 1.807) is 12.1 Å². The molecule has 2 aromatic rings. The van der Waals surface area contributed by atoms with Crippen molar-refractivity contribution >= 4 is 23.3 Å². The van der Waals surface area contributed by atoms with Gasteiger partial charge in [-0.25, -0.2) is 0 Å². The summed E-state index contributed by atoms with van der Waals surface area (Å²) >= 11 is 5.06. The van der Waals surface area contributed by atoms with Crippen LogP contribution >= 0.6 is 12.2 Å². The van der Waals surface area contributed by atoms with Crippen LogP contribution in [0.2, 0.25) is 0 Å². The highest BCUT2D eigenvalue weighted by atomic mass is 32.1. The minimum Gasteiger partial charge on any atom is -0.331 e. The number of hydrogen-bond acceptors (Lipinski definition) is 1. The molecule has 6 heteroatoms. The Morgan fingerprint density at radius 3 is 2.56 bits per heavy atom. The van der Waals surface area contributed by atoms with Crippen molar-refractivity contribution in [1.29, 1.82) is 0 Å². The fourth-order valence-corrected chi connectivity index (χ4v) is 2.79. The Morgan fingerprint density at radius 1 is 1.33 bits per heavy atom. The summed E-state index contributed by atoms with van der Waals surface area (Å²) in [7, 11) is 0. The quantitative estimate of drug-likeness (QED) is 0.776. The van der Waals surface area contributed by atoms with Crippen molar-refractivity contribution in [2.75, 3.05) is 0 Å². The molecule has 1 aromatic carbocycles. The van der Waals surface area contributed by atoms with E-state index >= 15 is 0 Å². The Morgan fingerprint density at radius 2 is 2.00 bits per heavy atom. The summed E-state index contributed by atoms with van der Waals surface area (Å²) in [5.41, 5.74) is 0.385. The van der Waals surface area contributed by atoms with Crippen molar-refractivity contribution in [3.63, 3.8) is 0 Å². The van der Waals surface area contributed by atoms with Crippen molar-refractivity contribution in [3.05, 3.63) is 28.5 Å². The van der Waals surface area contributed by atoms with Crippen molar-refractivity contribution in [1.82, 2.24) is 9.55 Å². The molecule has 96 valence electrons.